The maximum Gasteiger partial charge on any atom is 0.425 e. The first-order valence-electron chi connectivity index (χ1n) is 9.04. The van der Waals surface area contributed by atoms with Crippen LogP contribution < -0.4 is 10.1 Å². The van der Waals surface area contributed by atoms with Gasteiger partial charge in [0.25, 0.3) is 0 Å². The van der Waals surface area contributed by atoms with Crippen LogP contribution in [0, 0.1) is 0 Å². The van der Waals surface area contributed by atoms with E-state index in [-0.39, 0.29) is 11.1 Å². The SMILES string of the molecule is C=CCCNCC=CCOc1ccc(C(O)(c2ccc(Br)cc2)C(F)(F)F)cc1. The third kappa shape index (κ3) is 6.19. The Morgan fingerprint density at radius 3 is 2.14 bits per heavy atom. The van der Waals surface area contributed by atoms with Crippen molar-refractivity contribution in [3.05, 3.63) is 88.9 Å². The largest absolute Gasteiger partial charge is 0.490 e. The molecule has 0 fully saturated rings. The summed E-state index contributed by atoms with van der Waals surface area (Å²) in [6.45, 7) is 5.47. The van der Waals surface area contributed by atoms with E-state index in [1.165, 1.54) is 48.5 Å². The molecule has 0 heterocycles. The van der Waals surface area contributed by atoms with Crippen molar-refractivity contribution in [2.45, 2.75) is 18.2 Å². The molecule has 1 unspecified atom stereocenters. The Morgan fingerprint density at radius 1 is 1.00 bits per heavy atom. The van der Waals surface area contributed by atoms with Crippen LogP contribution in [0.5, 0.6) is 5.75 Å². The second-order valence-corrected chi connectivity index (χ2v) is 7.22. The average molecular weight is 470 g/mol. The third-order valence-electron chi connectivity index (χ3n) is 4.24. The molecule has 0 amide bonds. The summed E-state index contributed by atoms with van der Waals surface area (Å²) in [5.74, 6) is 0.415. The molecule has 2 N–H and O–H groups in total. The summed E-state index contributed by atoms with van der Waals surface area (Å²) in [5, 5.41) is 13.8. The molecule has 0 spiro atoms. The topological polar surface area (TPSA) is 41.5 Å². The lowest BCUT2D eigenvalue weighted by Crippen LogP contribution is -2.43. The van der Waals surface area contributed by atoms with Gasteiger partial charge in [-0.2, -0.15) is 13.2 Å². The zero-order chi connectivity index (χ0) is 21.3. The second kappa shape index (κ2) is 10.6. The lowest BCUT2D eigenvalue weighted by molar-refractivity contribution is -0.248. The van der Waals surface area contributed by atoms with Gasteiger partial charge in [0.2, 0.25) is 5.60 Å². The Hall–Kier alpha value is -2.09. The van der Waals surface area contributed by atoms with Gasteiger partial charge in [0.05, 0.1) is 0 Å². The molecule has 1 atom stereocenters. The van der Waals surface area contributed by atoms with Crippen molar-refractivity contribution in [1.82, 2.24) is 5.32 Å². The van der Waals surface area contributed by atoms with Gasteiger partial charge in [-0.15, -0.1) is 6.58 Å². The van der Waals surface area contributed by atoms with Gasteiger partial charge >= 0.3 is 6.18 Å². The Labute approximate surface area is 177 Å². The number of hydrogen-bond donors (Lipinski definition) is 2. The van der Waals surface area contributed by atoms with Gasteiger partial charge in [0.15, 0.2) is 0 Å². The van der Waals surface area contributed by atoms with E-state index in [1.807, 2.05) is 18.2 Å². The molecule has 0 aliphatic heterocycles. The number of nitrogens with one attached hydrogen (secondary N) is 1. The number of rotatable bonds is 10. The van der Waals surface area contributed by atoms with Gasteiger partial charge < -0.3 is 15.2 Å². The molecule has 2 aromatic rings. The lowest BCUT2D eigenvalue weighted by atomic mass is 9.85. The quantitative estimate of drug-likeness (QED) is 0.364. The van der Waals surface area contributed by atoms with Gasteiger partial charge in [-0.3, -0.25) is 0 Å². The van der Waals surface area contributed by atoms with E-state index in [9.17, 15) is 18.3 Å². The molecule has 2 rings (SSSR count). The molecule has 0 aliphatic rings. The maximum absolute atomic E-state index is 13.8. The highest BCUT2D eigenvalue weighted by atomic mass is 79.9. The van der Waals surface area contributed by atoms with E-state index in [0.717, 1.165) is 13.0 Å². The number of hydrogen-bond acceptors (Lipinski definition) is 3. The van der Waals surface area contributed by atoms with E-state index < -0.39 is 11.8 Å². The maximum atomic E-state index is 13.8. The zero-order valence-corrected chi connectivity index (χ0v) is 17.3. The fraction of sp³-hybridized carbons (Fsp3) is 0.273. The molecule has 0 saturated carbocycles. The highest BCUT2D eigenvalue weighted by Gasteiger charge is 2.56. The molecule has 3 nitrogen and oxygen atoms in total. The summed E-state index contributed by atoms with van der Waals surface area (Å²) < 4.78 is 47.4. The molecule has 0 aliphatic carbocycles. The number of ether oxygens (including phenoxy) is 1. The van der Waals surface area contributed by atoms with Crippen molar-refractivity contribution < 1.29 is 23.0 Å². The number of halogens is 4. The summed E-state index contributed by atoms with van der Waals surface area (Å²) in [6, 6.07) is 10.7. The molecule has 0 radical (unpaired) electrons. The average Bonchev–Trinajstić information content (AvgIpc) is 2.69. The minimum absolute atomic E-state index is 0.256. The van der Waals surface area contributed by atoms with Gasteiger partial charge in [0.1, 0.15) is 12.4 Å². The van der Waals surface area contributed by atoms with Crippen molar-refractivity contribution >= 4 is 15.9 Å². The van der Waals surface area contributed by atoms with Crippen LogP contribution in [0.3, 0.4) is 0 Å². The van der Waals surface area contributed by atoms with Crippen molar-refractivity contribution in [2.24, 2.45) is 0 Å². The fourth-order valence-electron chi connectivity index (χ4n) is 2.66. The first-order valence-corrected chi connectivity index (χ1v) is 9.83. The molecular formula is C22H23BrF3NO2. The first kappa shape index (κ1) is 23.2. The van der Waals surface area contributed by atoms with Crippen molar-refractivity contribution in [3.8, 4) is 5.75 Å². The molecule has 0 aromatic heterocycles. The van der Waals surface area contributed by atoms with Gasteiger partial charge in [0, 0.05) is 11.0 Å². The number of alkyl halides is 3. The molecule has 29 heavy (non-hydrogen) atoms. The van der Waals surface area contributed by atoms with E-state index in [2.05, 4.69) is 27.8 Å². The Balaban J connectivity index is 2.05. The van der Waals surface area contributed by atoms with E-state index >= 15 is 0 Å². The smallest absolute Gasteiger partial charge is 0.425 e. The Bertz CT molecular complexity index is 804. The molecule has 156 valence electrons. The van der Waals surface area contributed by atoms with Gasteiger partial charge in [-0.25, -0.2) is 0 Å². The minimum Gasteiger partial charge on any atom is -0.490 e. The predicted molar refractivity (Wildman–Crippen MR) is 112 cm³/mol. The molecule has 7 heteroatoms. The van der Waals surface area contributed by atoms with Crippen molar-refractivity contribution in [2.75, 3.05) is 19.7 Å². The molecule has 2 aromatic carbocycles. The van der Waals surface area contributed by atoms with Crippen LogP contribution in [0.15, 0.2) is 77.8 Å². The Morgan fingerprint density at radius 2 is 1.59 bits per heavy atom. The van der Waals surface area contributed by atoms with E-state index in [4.69, 9.17) is 4.74 Å². The van der Waals surface area contributed by atoms with E-state index in [1.54, 1.807) is 0 Å². The summed E-state index contributed by atoms with van der Waals surface area (Å²) in [7, 11) is 0. The van der Waals surface area contributed by atoms with Gasteiger partial charge in [-0.05, 0) is 48.4 Å². The summed E-state index contributed by atoms with van der Waals surface area (Å²) >= 11 is 3.19. The molecule has 0 bridgehead atoms. The Kier molecular flexibility index (Phi) is 8.49. The van der Waals surface area contributed by atoms with Crippen LogP contribution in [0.25, 0.3) is 0 Å². The van der Waals surface area contributed by atoms with Crippen LogP contribution in [0.1, 0.15) is 17.5 Å². The fourth-order valence-corrected chi connectivity index (χ4v) is 2.93. The standard InChI is InChI=1S/C22H23BrF3NO2/c1-2-3-14-27-15-4-5-16-29-20-12-8-18(9-13-20)21(28,22(24,25)26)17-6-10-19(23)11-7-17/h2,4-13,27-28H,1,3,14-16H2. The second-order valence-electron chi connectivity index (χ2n) is 6.30. The summed E-state index contributed by atoms with van der Waals surface area (Å²) in [5.41, 5.74) is -3.64. The van der Waals surface area contributed by atoms with E-state index in [0.29, 0.717) is 23.4 Å². The zero-order valence-electron chi connectivity index (χ0n) is 15.8. The van der Waals surface area contributed by atoms with Crippen LogP contribution in [-0.2, 0) is 5.60 Å². The van der Waals surface area contributed by atoms with Crippen LogP contribution in [-0.4, -0.2) is 31.0 Å². The highest BCUT2D eigenvalue weighted by Crippen LogP contribution is 2.44. The summed E-state index contributed by atoms with van der Waals surface area (Å²) in [6.07, 6.45) is 1.57. The van der Waals surface area contributed by atoms with Crippen LogP contribution in [0.4, 0.5) is 13.2 Å². The van der Waals surface area contributed by atoms with Crippen molar-refractivity contribution in [3.63, 3.8) is 0 Å². The minimum atomic E-state index is -4.88. The number of aliphatic hydroxyl groups is 1. The normalized spacial score (nSPS) is 14.0. The van der Waals surface area contributed by atoms with Gasteiger partial charge in [-0.1, -0.05) is 58.4 Å². The third-order valence-corrected chi connectivity index (χ3v) is 4.77. The first-order chi connectivity index (χ1) is 13.8. The number of benzene rings is 2. The monoisotopic (exact) mass is 469 g/mol. The van der Waals surface area contributed by atoms with Crippen molar-refractivity contribution in [1.29, 1.82) is 0 Å². The molecular weight excluding hydrogens is 447 g/mol. The molecule has 0 saturated heterocycles. The van der Waals surface area contributed by atoms with Crippen LogP contribution >= 0.6 is 15.9 Å². The lowest BCUT2D eigenvalue weighted by Gasteiger charge is -2.31. The van der Waals surface area contributed by atoms with Crippen LogP contribution in [0.2, 0.25) is 0 Å². The highest BCUT2D eigenvalue weighted by molar-refractivity contribution is 9.10. The summed E-state index contributed by atoms with van der Waals surface area (Å²) in [4.78, 5) is 0. The predicted octanol–water partition coefficient (Wildman–Crippen LogP) is 5.35.